The van der Waals surface area contributed by atoms with Gasteiger partial charge in [-0.3, -0.25) is 4.90 Å². The maximum absolute atomic E-state index is 13.7. The summed E-state index contributed by atoms with van der Waals surface area (Å²) in [6.45, 7) is 2.27. The Labute approximate surface area is 120 Å². The third-order valence-electron chi connectivity index (χ3n) is 3.32. The number of halogens is 1. The van der Waals surface area contributed by atoms with E-state index in [4.69, 9.17) is 0 Å². The molecule has 2 rings (SSSR count). The molecule has 0 amide bonds. The summed E-state index contributed by atoms with van der Waals surface area (Å²) in [7, 11) is 3.96. The van der Waals surface area contributed by atoms with Gasteiger partial charge in [-0.15, -0.1) is 0 Å². The normalized spacial score (nSPS) is 11.0. The van der Waals surface area contributed by atoms with Gasteiger partial charge in [-0.1, -0.05) is 42.5 Å². The van der Waals surface area contributed by atoms with Crippen LogP contribution in [0, 0.1) is 5.82 Å². The first kappa shape index (κ1) is 14.7. The lowest BCUT2D eigenvalue weighted by atomic mass is 10.1. The second kappa shape index (κ2) is 7.17. The quantitative estimate of drug-likeness (QED) is 0.869. The second-order valence-electron chi connectivity index (χ2n) is 5.06. The molecular formula is C17H21FN2. The van der Waals surface area contributed by atoms with Crippen LogP contribution in [0.5, 0.6) is 0 Å². The Morgan fingerprint density at radius 3 is 2.10 bits per heavy atom. The van der Waals surface area contributed by atoms with E-state index in [1.807, 2.05) is 38.4 Å². The van der Waals surface area contributed by atoms with E-state index in [-0.39, 0.29) is 5.82 Å². The van der Waals surface area contributed by atoms with Crippen molar-refractivity contribution in [3.05, 3.63) is 71.0 Å². The first-order chi connectivity index (χ1) is 9.70. The molecule has 20 heavy (non-hydrogen) atoms. The van der Waals surface area contributed by atoms with Gasteiger partial charge in [0.1, 0.15) is 5.82 Å². The lowest BCUT2D eigenvalue weighted by molar-refractivity contribution is 0.312. The molecule has 3 heteroatoms. The molecule has 1 N–H and O–H groups in total. The van der Waals surface area contributed by atoms with E-state index in [1.54, 1.807) is 6.07 Å². The highest BCUT2D eigenvalue weighted by Crippen LogP contribution is 2.14. The van der Waals surface area contributed by atoms with Crippen LogP contribution >= 0.6 is 0 Å². The molecule has 0 aliphatic rings. The largest absolute Gasteiger partial charge is 0.316 e. The summed E-state index contributed by atoms with van der Waals surface area (Å²) in [6, 6.07) is 15.3. The van der Waals surface area contributed by atoms with Crippen molar-refractivity contribution in [1.82, 2.24) is 10.2 Å². The summed E-state index contributed by atoms with van der Waals surface area (Å²) in [5.41, 5.74) is 3.30. The van der Waals surface area contributed by atoms with Crippen molar-refractivity contribution in [2.75, 3.05) is 14.1 Å². The molecule has 2 aromatic rings. The number of nitrogens with one attached hydrogen (secondary N) is 1. The first-order valence-electron chi connectivity index (χ1n) is 6.84. The van der Waals surface area contributed by atoms with E-state index >= 15 is 0 Å². The van der Waals surface area contributed by atoms with Crippen LogP contribution in [0.1, 0.15) is 16.7 Å². The molecule has 106 valence electrons. The predicted molar refractivity (Wildman–Crippen MR) is 80.8 cm³/mol. The van der Waals surface area contributed by atoms with E-state index in [1.165, 1.54) is 17.2 Å². The molecule has 0 aliphatic heterocycles. The van der Waals surface area contributed by atoms with Crippen LogP contribution in [0.15, 0.2) is 48.5 Å². The van der Waals surface area contributed by atoms with Gasteiger partial charge >= 0.3 is 0 Å². The van der Waals surface area contributed by atoms with Gasteiger partial charge in [0, 0.05) is 25.2 Å². The maximum Gasteiger partial charge on any atom is 0.127 e. The van der Waals surface area contributed by atoms with E-state index in [0.717, 1.165) is 18.7 Å². The van der Waals surface area contributed by atoms with Crippen molar-refractivity contribution in [2.24, 2.45) is 0 Å². The molecule has 0 heterocycles. The summed E-state index contributed by atoms with van der Waals surface area (Å²) in [5.74, 6) is -0.136. The fourth-order valence-corrected chi connectivity index (χ4v) is 2.34. The van der Waals surface area contributed by atoms with E-state index in [2.05, 4.69) is 22.3 Å². The van der Waals surface area contributed by atoms with Crippen molar-refractivity contribution < 1.29 is 4.39 Å². The van der Waals surface area contributed by atoms with Gasteiger partial charge in [-0.05, 0) is 31.3 Å². The Morgan fingerprint density at radius 2 is 1.45 bits per heavy atom. The van der Waals surface area contributed by atoms with Crippen molar-refractivity contribution in [1.29, 1.82) is 0 Å². The topological polar surface area (TPSA) is 15.3 Å². The summed E-state index contributed by atoms with van der Waals surface area (Å²) in [4.78, 5) is 2.13. The van der Waals surface area contributed by atoms with Gasteiger partial charge in [0.05, 0.1) is 0 Å². The van der Waals surface area contributed by atoms with Gasteiger partial charge in [0.25, 0.3) is 0 Å². The smallest absolute Gasteiger partial charge is 0.127 e. The van der Waals surface area contributed by atoms with Crippen LogP contribution in [0.4, 0.5) is 4.39 Å². The molecular weight excluding hydrogens is 251 g/mol. The van der Waals surface area contributed by atoms with Crippen LogP contribution in [0.2, 0.25) is 0 Å². The molecule has 2 nitrogen and oxygen atoms in total. The summed E-state index contributed by atoms with van der Waals surface area (Å²) >= 11 is 0. The SMILES string of the molecule is CNCc1ccccc1CN(C)Cc1ccccc1F. The Kier molecular flexibility index (Phi) is 5.27. The Bertz CT molecular complexity index is 554. The monoisotopic (exact) mass is 272 g/mol. The van der Waals surface area contributed by atoms with Crippen LogP contribution in [0.3, 0.4) is 0 Å². The minimum atomic E-state index is -0.136. The van der Waals surface area contributed by atoms with Crippen LogP contribution in [-0.4, -0.2) is 19.0 Å². The molecule has 0 radical (unpaired) electrons. The average molecular weight is 272 g/mol. The molecule has 0 saturated carbocycles. The molecule has 0 aromatic heterocycles. The number of hydrogen-bond donors (Lipinski definition) is 1. The lowest BCUT2D eigenvalue weighted by Crippen LogP contribution is -2.19. The van der Waals surface area contributed by atoms with Crippen molar-refractivity contribution >= 4 is 0 Å². The third kappa shape index (κ3) is 3.89. The van der Waals surface area contributed by atoms with Gasteiger partial charge < -0.3 is 5.32 Å². The van der Waals surface area contributed by atoms with Crippen LogP contribution in [0.25, 0.3) is 0 Å². The van der Waals surface area contributed by atoms with Crippen molar-refractivity contribution in [2.45, 2.75) is 19.6 Å². The van der Waals surface area contributed by atoms with Crippen molar-refractivity contribution in [3.8, 4) is 0 Å². The van der Waals surface area contributed by atoms with Crippen LogP contribution < -0.4 is 5.32 Å². The minimum absolute atomic E-state index is 0.136. The zero-order chi connectivity index (χ0) is 14.4. The Balaban J connectivity index is 2.05. The highest BCUT2D eigenvalue weighted by atomic mass is 19.1. The number of benzene rings is 2. The molecule has 0 atom stereocenters. The lowest BCUT2D eigenvalue weighted by Gasteiger charge is -2.19. The van der Waals surface area contributed by atoms with Crippen molar-refractivity contribution in [3.63, 3.8) is 0 Å². The second-order valence-corrected chi connectivity index (χ2v) is 5.06. The fourth-order valence-electron chi connectivity index (χ4n) is 2.34. The minimum Gasteiger partial charge on any atom is -0.316 e. The summed E-state index contributed by atoms with van der Waals surface area (Å²) < 4.78 is 13.7. The standard InChI is InChI=1S/C17H21FN2/c1-19-11-14-7-3-4-8-15(14)12-20(2)13-16-9-5-6-10-17(16)18/h3-10,19H,11-13H2,1-2H3. The Morgan fingerprint density at radius 1 is 0.900 bits per heavy atom. The zero-order valence-corrected chi connectivity index (χ0v) is 12.1. The van der Waals surface area contributed by atoms with E-state index in [9.17, 15) is 4.39 Å². The number of rotatable bonds is 6. The van der Waals surface area contributed by atoms with Gasteiger partial charge in [-0.25, -0.2) is 4.39 Å². The maximum atomic E-state index is 13.7. The zero-order valence-electron chi connectivity index (χ0n) is 12.1. The molecule has 0 spiro atoms. The first-order valence-corrected chi connectivity index (χ1v) is 6.84. The highest BCUT2D eigenvalue weighted by Gasteiger charge is 2.08. The van der Waals surface area contributed by atoms with Gasteiger partial charge in [0.2, 0.25) is 0 Å². The summed E-state index contributed by atoms with van der Waals surface area (Å²) in [5, 5.41) is 3.18. The average Bonchev–Trinajstić information content (AvgIpc) is 2.44. The predicted octanol–water partition coefficient (Wildman–Crippen LogP) is 3.18. The Hall–Kier alpha value is -1.71. The molecule has 0 unspecified atom stereocenters. The van der Waals surface area contributed by atoms with Crippen LogP contribution in [-0.2, 0) is 19.6 Å². The molecule has 0 saturated heterocycles. The fraction of sp³-hybridized carbons (Fsp3) is 0.294. The summed E-state index contributed by atoms with van der Waals surface area (Å²) in [6.07, 6.45) is 0. The van der Waals surface area contributed by atoms with E-state index in [0.29, 0.717) is 6.54 Å². The molecule has 0 aliphatic carbocycles. The number of nitrogens with zero attached hydrogens (tertiary/aromatic N) is 1. The van der Waals surface area contributed by atoms with E-state index < -0.39 is 0 Å². The van der Waals surface area contributed by atoms with Gasteiger partial charge in [0.15, 0.2) is 0 Å². The third-order valence-corrected chi connectivity index (χ3v) is 3.32. The highest BCUT2D eigenvalue weighted by molar-refractivity contribution is 5.27. The molecule has 0 bridgehead atoms. The molecule has 2 aromatic carbocycles. The molecule has 0 fully saturated rings. The van der Waals surface area contributed by atoms with Gasteiger partial charge in [-0.2, -0.15) is 0 Å². The number of hydrogen-bond acceptors (Lipinski definition) is 2.